The number of hydrogen-bond acceptors (Lipinski definition) is 1. The zero-order valence-electron chi connectivity index (χ0n) is 11.4. The van der Waals surface area contributed by atoms with Gasteiger partial charge in [-0.3, -0.25) is 4.79 Å². The van der Waals surface area contributed by atoms with E-state index in [1.807, 2.05) is 30.3 Å². The molecule has 0 aliphatic heterocycles. The Labute approximate surface area is 127 Å². The molecule has 1 atom stereocenters. The summed E-state index contributed by atoms with van der Waals surface area (Å²) in [6, 6.07) is 13.7. The SMILES string of the molecule is O=C(NC(c1ccccc1)C1CC1)c1ccc(F)cc1Cl. The second-order valence-electron chi connectivity index (χ2n) is 5.32. The zero-order valence-corrected chi connectivity index (χ0v) is 12.1. The smallest absolute Gasteiger partial charge is 0.253 e. The standard InChI is InChI=1S/C17H15ClFNO/c18-15-10-13(19)8-9-14(15)17(21)20-16(12-6-7-12)11-4-2-1-3-5-11/h1-5,8-10,12,16H,6-7H2,(H,20,21). The van der Waals surface area contributed by atoms with Crippen LogP contribution in [0.25, 0.3) is 0 Å². The summed E-state index contributed by atoms with van der Waals surface area (Å²) in [5.41, 5.74) is 1.39. The number of nitrogens with one attached hydrogen (secondary N) is 1. The van der Waals surface area contributed by atoms with Crippen molar-refractivity contribution in [3.05, 3.63) is 70.5 Å². The molecular formula is C17H15ClFNO. The van der Waals surface area contributed by atoms with E-state index in [1.165, 1.54) is 12.1 Å². The molecule has 2 aromatic carbocycles. The summed E-state index contributed by atoms with van der Waals surface area (Å²) in [7, 11) is 0. The van der Waals surface area contributed by atoms with E-state index in [-0.39, 0.29) is 17.0 Å². The fourth-order valence-electron chi connectivity index (χ4n) is 2.46. The van der Waals surface area contributed by atoms with Gasteiger partial charge in [0.25, 0.3) is 5.91 Å². The number of carbonyl (C=O) groups excluding carboxylic acids is 1. The van der Waals surface area contributed by atoms with Gasteiger partial charge in [0.15, 0.2) is 0 Å². The number of halogens is 2. The molecule has 2 nitrogen and oxygen atoms in total. The lowest BCUT2D eigenvalue weighted by Crippen LogP contribution is -2.30. The van der Waals surface area contributed by atoms with Crippen molar-refractivity contribution in [1.29, 1.82) is 0 Å². The summed E-state index contributed by atoms with van der Waals surface area (Å²) in [5.74, 6) is -0.241. The van der Waals surface area contributed by atoms with Gasteiger partial charge in [0.2, 0.25) is 0 Å². The van der Waals surface area contributed by atoms with Crippen LogP contribution >= 0.6 is 11.6 Å². The maximum atomic E-state index is 13.1. The maximum absolute atomic E-state index is 13.1. The molecule has 0 aromatic heterocycles. The average molecular weight is 304 g/mol. The maximum Gasteiger partial charge on any atom is 0.253 e. The van der Waals surface area contributed by atoms with E-state index in [1.54, 1.807) is 0 Å². The van der Waals surface area contributed by atoms with Crippen molar-refractivity contribution in [1.82, 2.24) is 5.32 Å². The number of carbonyl (C=O) groups is 1. The third kappa shape index (κ3) is 3.24. The first-order chi connectivity index (χ1) is 10.1. The van der Waals surface area contributed by atoms with Gasteiger partial charge in [-0.05, 0) is 42.5 Å². The Morgan fingerprint density at radius 1 is 1.19 bits per heavy atom. The molecule has 1 N–H and O–H groups in total. The van der Waals surface area contributed by atoms with E-state index in [9.17, 15) is 9.18 Å². The van der Waals surface area contributed by atoms with E-state index in [2.05, 4.69) is 5.32 Å². The van der Waals surface area contributed by atoms with Crippen LogP contribution in [0.5, 0.6) is 0 Å². The van der Waals surface area contributed by atoms with Crippen molar-refractivity contribution >= 4 is 17.5 Å². The van der Waals surface area contributed by atoms with Gasteiger partial charge in [-0.25, -0.2) is 4.39 Å². The third-order valence-corrected chi connectivity index (χ3v) is 4.03. The summed E-state index contributed by atoms with van der Waals surface area (Å²) in [6.45, 7) is 0. The van der Waals surface area contributed by atoms with Crippen LogP contribution in [0.2, 0.25) is 5.02 Å². The van der Waals surface area contributed by atoms with Crippen molar-refractivity contribution in [3.63, 3.8) is 0 Å². The number of benzene rings is 2. The Balaban J connectivity index is 1.81. The minimum absolute atomic E-state index is 0.0141. The summed E-state index contributed by atoms with van der Waals surface area (Å²) in [4.78, 5) is 12.4. The molecule has 108 valence electrons. The van der Waals surface area contributed by atoms with Gasteiger partial charge in [-0.1, -0.05) is 41.9 Å². The van der Waals surface area contributed by atoms with Gasteiger partial charge in [-0.15, -0.1) is 0 Å². The molecule has 0 spiro atoms. The molecule has 1 unspecified atom stereocenters. The summed E-state index contributed by atoms with van der Waals surface area (Å²) >= 11 is 5.95. The first-order valence-corrected chi connectivity index (χ1v) is 7.34. The van der Waals surface area contributed by atoms with Gasteiger partial charge in [0.1, 0.15) is 5.82 Å². The highest BCUT2D eigenvalue weighted by atomic mass is 35.5. The van der Waals surface area contributed by atoms with E-state index in [0.29, 0.717) is 11.5 Å². The molecule has 0 heterocycles. The molecule has 1 saturated carbocycles. The van der Waals surface area contributed by atoms with Crippen molar-refractivity contribution in [2.75, 3.05) is 0 Å². The van der Waals surface area contributed by atoms with Crippen LogP contribution in [0.15, 0.2) is 48.5 Å². The highest BCUT2D eigenvalue weighted by Gasteiger charge is 2.33. The van der Waals surface area contributed by atoms with Gasteiger partial charge in [0.05, 0.1) is 16.6 Å². The molecule has 4 heteroatoms. The Morgan fingerprint density at radius 2 is 1.90 bits per heavy atom. The zero-order chi connectivity index (χ0) is 14.8. The number of amides is 1. The fourth-order valence-corrected chi connectivity index (χ4v) is 2.71. The Kier molecular flexibility index (Phi) is 3.93. The Morgan fingerprint density at radius 3 is 2.52 bits per heavy atom. The first-order valence-electron chi connectivity index (χ1n) is 6.96. The normalized spacial score (nSPS) is 15.5. The van der Waals surface area contributed by atoms with Crippen LogP contribution in [0, 0.1) is 11.7 Å². The largest absolute Gasteiger partial charge is 0.345 e. The number of hydrogen-bond donors (Lipinski definition) is 1. The van der Waals surface area contributed by atoms with E-state index in [4.69, 9.17) is 11.6 Å². The Bertz CT molecular complexity index is 655. The molecule has 21 heavy (non-hydrogen) atoms. The van der Waals surface area contributed by atoms with Crippen LogP contribution in [-0.2, 0) is 0 Å². The lowest BCUT2D eigenvalue weighted by molar-refractivity contribution is 0.0932. The molecule has 1 aliphatic rings. The molecule has 2 aromatic rings. The molecule has 0 saturated heterocycles. The highest BCUT2D eigenvalue weighted by Crippen LogP contribution is 2.41. The molecule has 0 radical (unpaired) electrons. The summed E-state index contributed by atoms with van der Waals surface area (Å²) in [5, 5.41) is 3.16. The molecule has 1 fully saturated rings. The van der Waals surface area contributed by atoms with Crippen molar-refractivity contribution < 1.29 is 9.18 Å². The Hall–Kier alpha value is -1.87. The quantitative estimate of drug-likeness (QED) is 0.893. The van der Waals surface area contributed by atoms with Crippen LogP contribution < -0.4 is 5.32 Å². The minimum Gasteiger partial charge on any atom is -0.345 e. The molecule has 3 rings (SSSR count). The minimum atomic E-state index is -0.446. The summed E-state index contributed by atoms with van der Waals surface area (Å²) in [6.07, 6.45) is 2.22. The molecular weight excluding hydrogens is 289 g/mol. The van der Waals surface area contributed by atoms with Crippen molar-refractivity contribution in [2.45, 2.75) is 18.9 Å². The van der Waals surface area contributed by atoms with Crippen molar-refractivity contribution in [3.8, 4) is 0 Å². The van der Waals surface area contributed by atoms with Gasteiger partial charge >= 0.3 is 0 Å². The lowest BCUT2D eigenvalue weighted by atomic mass is 10.0. The van der Waals surface area contributed by atoms with Gasteiger partial charge < -0.3 is 5.32 Å². The van der Waals surface area contributed by atoms with Gasteiger partial charge in [-0.2, -0.15) is 0 Å². The molecule has 1 amide bonds. The predicted molar refractivity (Wildman–Crippen MR) is 80.8 cm³/mol. The molecule has 0 bridgehead atoms. The predicted octanol–water partition coefficient (Wildman–Crippen LogP) is 4.36. The third-order valence-electron chi connectivity index (χ3n) is 3.71. The highest BCUT2D eigenvalue weighted by molar-refractivity contribution is 6.33. The second kappa shape index (κ2) is 5.86. The van der Waals surface area contributed by atoms with E-state index >= 15 is 0 Å². The van der Waals surface area contributed by atoms with Crippen molar-refractivity contribution in [2.24, 2.45) is 5.92 Å². The van der Waals surface area contributed by atoms with Crippen LogP contribution in [0.3, 0.4) is 0 Å². The topological polar surface area (TPSA) is 29.1 Å². The first kappa shape index (κ1) is 14.1. The fraction of sp³-hybridized carbons (Fsp3) is 0.235. The van der Waals surface area contributed by atoms with Crippen LogP contribution in [0.4, 0.5) is 4.39 Å². The van der Waals surface area contributed by atoms with Gasteiger partial charge in [0, 0.05) is 0 Å². The van der Waals surface area contributed by atoms with Crippen LogP contribution in [0.1, 0.15) is 34.8 Å². The average Bonchev–Trinajstić information content (AvgIpc) is 3.30. The van der Waals surface area contributed by atoms with E-state index in [0.717, 1.165) is 24.5 Å². The van der Waals surface area contributed by atoms with E-state index < -0.39 is 5.82 Å². The summed E-state index contributed by atoms with van der Waals surface area (Å²) < 4.78 is 13.1. The molecule has 1 aliphatic carbocycles. The monoisotopic (exact) mass is 303 g/mol. The van der Waals surface area contributed by atoms with Crippen LogP contribution in [-0.4, -0.2) is 5.91 Å². The number of rotatable bonds is 4. The lowest BCUT2D eigenvalue weighted by Gasteiger charge is -2.19. The second-order valence-corrected chi connectivity index (χ2v) is 5.73.